The fourth-order valence-electron chi connectivity index (χ4n) is 3.08. The van der Waals surface area contributed by atoms with Gasteiger partial charge in [-0.2, -0.15) is 0 Å². The van der Waals surface area contributed by atoms with Gasteiger partial charge in [0.25, 0.3) is 0 Å². The molecule has 21 heavy (non-hydrogen) atoms. The van der Waals surface area contributed by atoms with E-state index in [4.69, 9.17) is 10.5 Å². The van der Waals surface area contributed by atoms with E-state index in [-0.39, 0.29) is 6.04 Å². The molecule has 114 valence electrons. The summed E-state index contributed by atoms with van der Waals surface area (Å²) in [4.78, 5) is 5.75. The fourth-order valence-corrected chi connectivity index (χ4v) is 3.94. The van der Waals surface area contributed by atoms with Gasteiger partial charge in [-0.05, 0) is 24.3 Å². The Labute approximate surface area is 129 Å². The van der Waals surface area contributed by atoms with Crippen LogP contribution in [0.4, 0.5) is 0 Å². The molecule has 0 radical (unpaired) electrons. The van der Waals surface area contributed by atoms with Crippen LogP contribution in [0.2, 0.25) is 0 Å². The SMILES string of the molecule is CCCC(c1cccs1)n1cncc1C(N)C1CCOC1. The van der Waals surface area contributed by atoms with Crippen molar-refractivity contribution in [3.8, 4) is 0 Å². The quantitative estimate of drug-likeness (QED) is 0.890. The van der Waals surface area contributed by atoms with Crippen LogP contribution in [-0.4, -0.2) is 22.8 Å². The first-order chi connectivity index (χ1) is 10.3. The van der Waals surface area contributed by atoms with Crippen LogP contribution in [0.15, 0.2) is 30.0 Å². The molecule has 3 atom stereocenters. The molecule has 2 aromatic rings. The Hall–Kier alpha value is -1.17. The van der Waals surface area contributed by atoms with E-state index < -0.39 is 0 Å². The Morgan fingerprint density at radius 1 is 1.57 bits per heavy atom. The van der Waals surface area contributed by atoms with Gasteiger partial charge in [0.15, 0.2) is 0 Å². The van der Waals surface area contributed by atoms with Crippen LogP contribution in [0, 0.1) is 5.92 Å². The predicted octanol–water partition coefficient (Wildman–Crippen LogP) is 3.37. The number of aromatic nitrogens is 2. The van der Waals surface area contributed by atoms with Crippen molar-refractivity contribution in [2.45, 2.75) is 38.3 Å². The lowest BCUT2D eigenvalue weighted by atomic mass is 9.96. The summed E-state index contributed by atoms with van der Waals surface area (Å²) in [6, 6.07) is 4.68. The molecule has 3 unspecified atom stereocenters. The van der Waals surface area contributed by atoms with Gasteiger partial charge in [0.05, 0.1) is 30.7 Å². The molecule has 1 aliphatic rings. The number of rotatable bonds is 6. The second-order valence-electron chi connectivity index (χ2n) is 5.70. The highest BCUT2D eigenvalue weighted by Crippen LogP contribution is 2.33. The van der Waals surface area contributed by atoms with Crippen LogP contribution >= 0.6 is 11.3 Å². The number of hydrogen-bond donors (Lipinski definition) is 1. The zero-order chi connectivity index (χ0) is 14.7. The second-order valence-corrected chi connectivity index (χ2v) is 6.67. The first kappa shape index (κ1) is 14.8. The van der Waals surface area contributed by atoms with E-state index in [0.717, 1.165) is 38.2 Å². The topological polar surface area (TPSA) is 53.1 Å². The number of nitrogens with two attached hydrogens (primary N) is 1. The molecule has 0 saturated carbocycles. The largest absolute Gasteiger partial charge is 0.381 e. The van der Waals surface area contributed by atoms with Gasteiger partial charge in [-0.15, -0.1) is 11.3 Å². The predicted molar refractivity (Wildman–Crippen MR) is 85.4 cm³/mol. The zero-order valence-electron chi connectivity index (χ0n) is 12.4. The third kappa shape index (κ3) is 3.05. The Bertz CT molecular complexity index is 546. The molecule has 3 heterocycles. The Balaban J connectivity index is 1.88. The monoisotopic (exact) mass is 305 g/mol. The maximum absolute atomic E-state index is 6.50. The van der Waals surface area contributed by atoms with Crippen molar-refractivity contribution in [2.24, 2.45) is 11.7 Å². The molecule has 3 rings (SSSR count). The number of hydrogen-bond acceptors (Lipinski definition) is 4. The molecule has 0 spiro atoms. The average Bonchev–Trinajstić information content (AvgIpc) is 3.26. The molecule has 0 aliphatic carbocycles. The Morgan fingerprint density at radius 2 is 2.48 bits per heavy atom. The molecule has 0 bridgehead atoms. The normalized spacial score (nSPS) is 21.5. The van der Waals surface area contributed by atoms with E-state index in [1.54, 1.807) is 0 Å². The third-order valence-electron chi connectivity index (χ3n) is 4.28. The van der Waals surface area contributed by atoms with Crippen LogP contribution in [0.1, 0.15) is 48.8 Å². The van der Waals surface area contributed by atoms with Crippen LogP contribution < -0.4 is 5.73 Å². The van der Waals surface area contributed by atoms with Crippen LogP contribution in [-0.2, 0) is 4.74 Å². The molecular weight excluding hydrogens is 282 g/mol. The van der Waals surface area contributed by atoms with Crippen LogP contribution in [0.3, 0.4) is 0 Å². The molecular formula is C16H23N3OS. The lowest BCUT2D eigenvalue weighted by Gasteiger charge is -2.24. The highest BCUT2D eigenvalue weighted by Gasteiger charge is 2.28. The van der Waals surface area contributed by atoms with Crippen LogP contribution in [0.5, 0.6) is 0 Å². The standard InChI is InChI=1S/C16H23N3OS/c1-2-4-13(15-5-3-8-21-15)19-11-18-9-14(19)16(17)12-6-7-20-10-12/h3,5,8-9,11-13,16H,2,4,6-7,10,17H2,1H3. The van der Waals surface area contributed by atoms with E-state index >= 15 is 0 Å². The second kappa shape index (κ2) is 6.73. The lowest BCUT2D eigenvalue weighted by molar-refractivity contribution is 0.180. The van der Waals surface area contributed by atoms with Gasteiger partial charge >= 0.3 is 0 Å². The molecule has 0 amide bonds. The summed E-state index contributed by atoms with van der Waals surface area (Å²) in [6.07, 6.45) is 7.16. The molecule has 1 aliphatic heterocycles. The maximum Gasteiger partial charge on any atom is 0.0954 e. The first-order valence-electron chi connectivity index (χ1n) is 7.69. The molecule has 5 heteroatoms. The lowest BCUT2D eigenvalue weighted by Crippen LogP contribution is -2.26. The number of ether oxygens (including phenoxy) is 1. The Kier molecular flexibility index (Phi) is 4.73. The zero-order valence-corrected chi connectivity index (χ0v) is 13.3. The molecule has 2 N–H and O–H groups in total. The summed E-state index contributed by atoms with van der Waals surface area (Å²) in [7, 11) is 0. The first-order valence-corrected chi connectivity index (χ1v) is 8.57. The van der Waals surface area contributed by atoms with E-state index in [0.29, 0.717) is 12.0 Å². The summed E-state index contributed by atoms with van der Waals surface area (Å²) in [5.41, 5.74) is 7.63. The molecule has 0 aromatic carbocycles. The van der Waals surface area contributed by atoms with Crippen molar-refractivity contribution < 1.29 is 4.74 Å². The number of thiophene rings is 1. The highest BCUT2D eigenvalue weighted by atomic mass is 32.1. The summed E-state index contributed by atoms with van der Waals surface area (Å²) < 4.78 is 7.76. The summed E-state index contributed by atoms with van der Waals surface area (Å²) in [6.45, 7) is 3.82. The maximum atomic E-state index is 6.50. The van der Waals surface area contributed by atoms with Gasteiger partial charge in [0.1, 0.15) is 0 Å². The summed E-state index contributed by atoms with van der Waals surface area (Å²) in [5, 5.41) is 2.14. The molecule has 1 fully saturated rings. The van der Waals surface area contributed by atoms with E-state index in [2.05, 4.69) is 34.0 Å². The minimum Gasteiger partial charge on any atom is -0.381 e. The van der Waals surface area contributed by atoms with Crippen molar-refractivity contribution in [3.63, 3.8) is 0 Å². The Morgan fingerprint density at radius 3 is 3.14 bits per heavy atom. The average molecular weight is 305 g/mol. The number of imidazole rings is 1. The smallest absolute Gasteiger partial charge is 0.0954 e. The van der Waals surface area contributed by atoms with E-state index in [9.17, 15) is 0 Å². The fraction of sp³-hybridized carbons (Fsp3) is 0.562. The summed E-state index contributed by atoms with van der Waals surface area (Å²) >= 11 is 1.81. The van der Waals surface area contributed by atoms with Crippen LogP contribution in [0.25, 0.3) is 0 Å². The van der Waals surface area contributed by atoms with Gasteiger partial charge in [0.2, 0.25) is 0 Å². The molecule has 2 aromatic heterocycles. The minimum atomic E-state index is 0.00863. The van der Waals surface area contributed by atoms with Crippen molar-refractivity contribution in [2.75, 3.05) is 13.2 Å². The molecule has 1 saturated heterocycles. The third-order valence-corrected chi connectivity index (χ3v) is 5.25. The summed E-state index contributed by atoms with van der Waals surface area (Å²) in [5.74, 6) is 0.408. The van der Waals surface area contributed by atoms with Crippen molar-refractivity contribution >= 4 is 11.3 Å². The van der Waals surface area contributed by atoms with Gasteiger partial charge < -0.3 is 15.0 Å². The van der Waals surface area contributed by atoms with E-state index in [1.165, 1.54) is 4.88 Å². The van der Waals surface area contributed by atoms with Crippen molar-refractivity contribution in [1.29, 1.82) is 0 Å². The molecule has 4 nitrogen and oxygen atoms in total. The van der Waals surface area contributed by atoms with Crippen molar-refractivity contribution in [3.05, 3.63) is 40.6 Å². The van der Waals surface area contributed by atoms with Gasteiger partial charge in [-0.25, -0.2) is 4.98 Å². The van der Waals surface area contributed by atoms with Crippen molar-refractivity contribution in [1.82, 2.24) is 9.55 Å². The number of nitrogens with zero attached hydrogens (tertiary/aromatic N) is 2. The van der Waals surface area contributed by atoms with Gasteiger partial charge in [-0.1, -0.05) is 19.4 Å². The van der Waals surface area contributed by atoms with Gasteiger partial charge in [0, 0.05) is 23.6 Å². The van der Waals surface area contributed by atoms with Gasteiger partial charge in [-0.3, -0.25) is 0 Å². The minimum absolute atomic E-state index is 0.00863. The van der Waals surface area contributed by atoms with E-state index in [1.807, 2.05) is 23.9 Å². The highest BCUT2D eigenvalue weighted by molar-refractivity contribution is 7.10.